The Morgan fingerprint density at radius 1 is 1.11 bits per heavy atom. The van der Waals surface area contributed by atoms with Gasteiger partial charge in [-0.05, 0) is 41.7 Å². The van der Waals surface area contributed by atoms with E-state index in [0.29, 0.717) is 13.0 Å². The molecule has 0 saturated carbocycles. The van der Waals surface area contributed by atoms with Crippen molar-refractivity contribution in [2.75, 3.05) is 22.1 Å². The van der Waals surface area contributed by atoms with Gasteiger partial charge in [-0.1, -0.05) is 45.0 Å². The fraction of sp³-hybridized carbons (Fsp3) is 0.364. The second kappa shape index (κ2) is 6.86. The normalized spacial score (nSPS) is 20.8. The van der Waals surface area contributed by atoms with E-state index in [-0.39, 0.29) is 29.4 Å². The van der Waals surface area contributed by atoms with Gasteiger partial charge in [-0.15, -0.1) is 0 Å². The Balaban J connectivity index is 1.39. The molecule has 2 aromatic carbocycles. The summed E-state index contributed by atoms with van der Waals surface area (Å²) in [6, 6.07) is 15.1. The Hall–Kier alpha value is -3.02. The molecule has 2 heterocycles. The maximum atomic E-state index is 12.4. The molecule has 6 nitrogen and oxygen atoms in total. The molecule has 0 aliphatic carbocycles. The number of rotatable bonds is 2. The van der Waals surface area contributed by atoms with Gasteiger partial charge in [0.2, 0.25) is 5.91 Å². The molecule has 0 spiro atoms. The number of nitrogens with one attached hydrogen (secondary N) is 3. The second-order valence-corrected chi connectivity index (χ2v) is 8.53. The number of fused-ring (bicyclic) bond motifs is 3. The van der Waals surface area contributed by atoms with Gasteiger partial charge in [0.15, 0.2) is 0 Å². The van der Waals surface area contributed by atoms with Gasteiger partial charge in [0.05, 0.1) is 17.4 Å². The lowest BCUT2D eigenvalue weighted by Gasteiger charge is -2.32. The van der Waals surface area contributed by atoms with Crippen molar-refractivity contribution in [2.24, 2.45) is 0 Å². The minimum atomic E-state index is -0.248. The van der Waals surface area contributed by atoms with E-state index in [1.54, 1.807) is 0 Å². The lowest BCUT2D eigenvalue weighted by atomic mass is 9.87. The van der Waals surface area contributed by atoms with Crippen LogP contribution in [-0.4, -0.2) is 30.6 Å². The van der Waals surface area contributed by atoms with E-state index >= 15 is 0 Å². The number of nitrogens with zero attached hydrogens (tertiary/aromatic N) is 1. The lowest BCUT2D eigenvalue weighted by molar-refractivity contribution is -0.117. The summed E-state index contributed by atoms with van der Waals surface area (Å²) >= 11 is 0. The first-order valence-electron chi connectivity index (χ1n) is 9.66. The Kier molecular flexibility index (Phi) is 4.49. The Morgan fingerprint density at radius 2 is 1.82 bits per heavy atom. The first-order valence-corrected chi connectivity index (χ1v) is 9.66. The highest BCUT2D eigenvalue weighted by Gasteiger charge is 2.41. The predicted molar refractivity (Wildman–Crippen MR) is 112 cm³/mol. The minimum absolute atomic E-state index is 0.0128. The molecule has 2 aliphatic rings. The maximum Gasteiger partial charge on any atom is 0.319 e. The van der Waals surface area contributed by atoms with Crippen LogP contribution in [0.25, 0.3) is 0 Å². The smallest absolute Gasteiger partial charge is 0.319 e. The van der Waals surface area contributed by atoms with E-state index in [1.807, 2.05) is 48.5 Å². The number of hydrogen-bond donors (Lipinski definition) is 3. The third-order valence-corrected chi connectivity index (χ3v) is 5.42. The molecule has 3 amide bonds. The van der Waals surface area contributed by atoms with Crippen molar-refractivity contribution in [1.29, 1.82) is 0 Å². The standard InChI is InChI=1S/C22H26N4O2/c1-22(2,3)14-8-10-15(11-9-14)23-21(28)24-16-12-19-20(27)25-17-6-4-5-7-18(17)26(19)13-16/h4-11,16,19H,12-13H2,1-3H3,(H,25,27)(H2,23,24,28). The average Bonchev–Trinajstić information content (AvgIpc) is 3.06. The topological polar surface area (TPSA) is 73.5 Å². The van der Waals surface area contributed by atoms with Crippen LogP contribution in [0.3, 0.4) is 0 Å². The highest BCUT2D eigenvalue weighted by atomic mass is 16.2. The number of hydrogen-bond acceptors (Lipinski definition) is 3. The monoisotopic (exact) mass is 378 g/mol. The van der Waals surface area contributed by atoms with Gasteiger partial charge < -0.3 is 20.9 Å². The number of anilines is 3. The molecule has 0 aromatic heterocycles. The van der Waals surface area contributed by atoms with E-state index in [1.165, 1.54) is 5.56 Å². The second-order valence-electron chi connectivity index (χ2n) is 8.53. The summed E-state index contributed by atoms with van der Waals surface area (Å²) in [7, 11) is 0. The van der Waals surface area contributed by atoms with Crippen LogP contribution in [0, 0.1) is 0 Å². The molecule has 3 N–H and O–H groups in total. The fourth-order valence-electron chi connectivity index (χ4n) is 3.91. The van der Waals surface area contributed by atoms with Crippen molar-refractivity contribution in [3.05, 3.63) is 54.1 Å². The lowest BCUT2D eigenvalue weighted by Crippen LogP contribution is -2.44. The zero-order valence-corrected chi connectivity index (χ0v) is 16.5. The number of amides is 3. The zero-order chi connectivity index (χ0) is 19.9. The van der Waals surface area contributed by atoms with E-state index < -0.39 is 0 Å². The molecule has 6 heteroatoms. The van der Waals surface area contributed by atoms with Crippen LogP contribution in [0.4, 0.5) is 21.9 Å². The molecule has 2 aliphatic heterocycles. The largest absolute Gasteiger partial charge is 0.356 e. The molecule has 2 aromatic rings. The third kappa shape index (κ3) is 3.54. The van der Waals surface area contributed by atoms with Crippen LogP contribution in [0.2, 0.25) is 0 Å². The van der Waals surface area contributed by atoms with Crippen molar-refractivity contribution >= 4 is 29.0 Å². The van der Waals surface area contributed by atoms with Gasteiger partial charge >= 0.3 is 6.03 Å². The first-order chi connectivity index (χ1) is 13.3. The van der Waals surface area contributed by atoms with Crippen LogP contribution in [0.15, 0.2) is 48.5 Å². The van der Waals surface area contributed by atoms with Crippen molar-refractivity contribution in [2.45, 2.75) is 44.7 Å². The quantitative estimate of drug-likeness (QED) is 0.746. The highest BCUT2D eigenvalue weighted by Crippen LogP contribution is 2.36. The van der Waals surface area contributed by atoms with E-state index in [0.717, 1.165) is 17.1 Å². The fourth-order valence-corrected chi connectivity index (χ4v) is 3.91. The Labute approximate surface area is 165 Å². The summed E-state index contributed by atoms with van der Waals surface area (Å²) in [6.45, 7) is 7.09. The van der Waals surface area contributed by atoms with Crippen molar-refractivity contribution < 1.29 is 9.59 Å². The Morgan fingerprint density at radius 3 is 2.54 bits per heavy atom. The Bertz CT molecular complexity index is 901. The number of benzene rings is 2. The summed E-state index contributed by atoms with van der Waals surface area (Å²) in [6.07, 6.45) is 0.594. The zero-order valence-electron chi connectivity index (χ0n) is 16.5. The molecule has 2 unspecified atom stereocenters. The molecular formula is C22H26N4O2. The first kappa shape index (κ1) is 18.3. The minimum Gasteiger partial charge on any atom is -0.356 e. The number of carbonyl (C=O) groups is 2. The molecule has 1 fully saturated rings. The van der Waals surface area contributed by atoms with Gasteiger partial charge in [0.1, 0.15) is 6.04 Å². The van der Waals surface area contributed by atoms with Crippen molar-refractivity contribution in [1.82, 2.24) is 5.32 Å². The molecule has 146 valence electrons. The molecule has 0 radical (unpaired) electrons. The number of carbonyl (C=O) groups excluding carboxylic acids is 2. The summed E-state index contributed by atoms with van der Waals surface area (Å²) in [5, 5.41) is 8.85. The predicted octanol–water partition coefficient (Wildman–Crippen LogP) is 3.71. The van der Waals surface area contributed by atoms with E-state index in [2.05, 4.69) is 41.6 Å². The van der Waals surface area contributed by atoms with Gasteiger partial charge in [-0.3, -0.25) is 4.79 Å². The summed E-state index contributed by atoms with van der Waals surface area (Å²) in [4.78, 5) is 26.9. The van der Waals surface area contributed by atoms with Crippen molar-refractivity contribution in [3.63, 3.8) is 0 Å². The highest BCUT2D eigenvalue weighted by molar-refractivity contribution is 6.04. The van der Waals surface area contributed by atoms with Gasteiger partial charge in [0.25, 0.3) is 0 Å². The number of urea groups is 1. The molecule has 4 rings (SSSR count). The molecule has 1 saturated heterocycles. The molecule has 0 bridgehead atoms. The molecule has 28 heavy (non-hydrogen) atoms. The van der Waals surface area contributed by atoms with E-state index in [9.17, 15) is 9.59 Å². The van der Waals surface area contributed by atoms with Gasteiger partial charge in [0, 0.05) is 12.2 Å². The maximum absolute atomic E-state index is 12.4. The SMILES string of the molecule is CC(C)(C)c1ccc(NC(=O)NC2CC3C(=O)Nc4ccccc4N3C2)cc1. The van der Waals surface area contributed by atoms with Crippen LogP contribution in [-0.2, 0) is 10.2 Å². The van der Waals surface area contributed by atoms with Crippen LogP contribution >= 0.6 is 0 Å². The average molecular weight is 378 g/mol. The van der Waals surface area contributed by atoms with Crippen LogP contribution in [0.5, 0.6) is 0 Å². The summed E-state index contributed by atoms with van der Waals surface area (Å²) in [5.41, 5.74) is 3.88. The summed E-state index contributed by atoms with van der Waals surface area (Å²) < 4.78 is 0. The van der Waals surface area contributed by atoms with E-state index in [4.69, 9.17) is 0 Å². The van der Waals surface area contributed by atoms with Crippen LogP contribution in [0.1, 0.15) is 32.8 Å². The number of para-hydroxylation sites is 2. The van der Waals surface area contributed by atoms with Crippen LogP contribution < -0.4 is 20.9 Å². The van der Waals surface area contributed by atoms with Gasteiger partial charge in [-0.25, -0.2) is 4.79 Å². The van der Waals surface area contributed by atoms with Crippen molar-refractivity contribution in [3.8, 4) is 0 Å². The molecular weight excluding hydrogens is 352 g/mol. The van der Waals surface area contributed by atoms with Gasteiger partial charge in [-0.2, -0.15) is 0 Å². The molecule has 2 atom stereocenters. The summed E-state index contributed by atoms with van der Waals surface area (Å²) in [5.74, 6) is -0.0128. The third-order valence-electron chi connectivity index (χ3n) is 5.42.